The average Bonchev–Trinajstić information content (AvgIpc) is 3.22. The standard InChI is InChI=1S/C43H83N9O7/c1-10-13-30(14-11-2)38(54)18-16-32(28-51-42(58)35(23-46-6)24-47-7)39(55)19-15-31(37(53)12-3)27-50-41(57)33(17-20-40(56)34(21-44-4)22-45-5)29-52-43(59)36(25-48-8)26-49-9/h30-36,44-49H,10-29H2,1-9H3,(H,50,57)(H,51,58)(H,52,59). The zero-order valence-corrected chi connectivity index (χ0v) is 38.0. The smallest absolute Gasteiger partial charge is 0.225 e. The maximum absolute atomic E-state index is 13.9. The molecule has 3 amide bonds. The number of hydrogen-bond acceptors (Lipinski definition) is 13. The Bertz CT molecular complexity index is 1070. The van der Waals surface area contributed by atoms with Crippen LogP contribution < -0.4 is 47.9 Å². The monoisotopic (exact) mass is 838 g/mol. The number of amides is 3. The predicted molar refractivity (Wildman–Crippen MR) is 235 cm³/mol. The first kappa shape index (κ1) is 55.9. The van der Waals surface area contributed by atoms with Gasteiger partial charge in [-0.3, -0.25) is 33.6 Å². The zero-order valence-electron chi connectivity index (χ0n) is 38.0. The second-order valence-corrected chi connectivity index (χ2v) is 15.9. The van der Waals surface area contributed by atoms with Crippen LogP contribution in [0.15, 0.2) is 0 Å². The van der Waals surface area contributed by atoms with Crippen LogP contribution in [0.5, 0.6) is 0 Å². The van der Waals surface area contributed by atoms with Gasteiger partial charge in [0.15, 0.2) is 0 Å². The summed E-state index contributed by atoms with van der Waals surface area (Å²) in [7, 11) is 10.6. The molecule has 16 heteroatoms. The molecule has 0 radical (unpaired) electrons. The molecule has 3 atom stereocenters. The lowest BCUT2D eigenvalue weighted by atomic mass is 9.86. The van der Waals surface area contributed by atoms with Crippen LogP contribution >= 0.6 is 0 Å². The molecule has 0 saturated carbocycles. The number of Topliss-reactive ketones (excluding diaryl/α,β-unsaturated/α-hetero) is 4. The Morgan fingerprint density at radius 2 is 0.610 bits per heavy atom. The lowest BCUT2D eigenvalue weighted by Crippen LogP contribution is -2.46. The van der Waals surface area contributed by atoms with Gasteiger partial charge < -0.3 is 47.9 Å². The van der Waals surface area contributed by atoms with Crippen LogP contribution in [-0.4, -0.2) is 142 Å². The van der Waals surface area contributed by atoms with Crippen molar-refractivity contribution in [2.45, 2.75) is 91.4 Å². The van der Waals surface area contributed by atoms with Crippen molar-refractivity contribution in [3.05, 3.63) is 0 Å². The highest BCUT2D eigenvalue weighted by Gasteiger charge is 2.29. The topological polar surface area (TPSA) is 228 Å². The van der Waals surface area contributed by atoms with Crippen LogP contribution in [0.2, 0.25) is 0 Å². The number of carbonyl (C=O) groups excluding carboxylic acids is 7. The number of rotatable bonds is 39. The zero-order chi connectivity index (χ0) is 44.6. The first-order chi connectivity index (χ1) is 28.3. The Morgan fingerprint density at radius 1 is 0.322 bits per heavy atom. The SMILES string of the molecule is CCCC(CCC)C(=O)CCC(CNC(=O)C(CNC)CNC)C(=O)CCC(CNC(=O)C(CCC(=O)C(CNC)CNC)CNC(=O)C(CNC)CNC)C(=O)CC. The summed E-state index contributed by atoms with van der Waals surface area (Å²) in [5.41, 5.74) is 0. The summed E-state index contributed by atoms with van der Waals surface area (Å²) in [4.78, 5) is 93.5. The molecule has 0 aromatic heterocycles. The van der Waals surface area contributed by atoms with E-state index in [2.05, 4.69) is 61.7 Å². The highest BCUT2D eigenvalue weighted by Crippen LogP contribution is 2.22. The van der Waals surface area contributed by atoms with Gasteiger partial charge in [0.25, 0.3) is 0 Å². The van der Waals surface area contributed by atoms with E-state index in [4.69, 9.17) is 0 Å². The third-order valence-corrected chi connectivity index (χ3v) is 11.0. The Morgan fingerprint density at radius 3 is 0.966 bits per heavy atom. The van der Waals surface area contributed by atoms with E-state index in [1.54, 1.807) is 49.2 Å². The highest BCUT2D eigenvalue weighted by atomic mass is 16.2. The Balaban J connectivity index is 6.09. The fourth-order valence-corrected chi connectivity index (χ4v) is 7.49. The number of carbonyl (C=O) groups is 7. The molecular weight excluding hydrogens is 755 g/mol. The van der Waals surface area contributed by atoms with Crippen LogP contribution in [0.4, 0.5) is 0 Å². The maximum Gasteiger partial charge on any atom is 0.225 e. The van der Waals surface area contributed by atoms with E-state index in [0.29, 0.717) is 45.7 Å². The first-order valence-electron chi connectivity index (χ1n) is 22.1. The largest absolute Gasteiger partial charge is 0.355 e. The number of ketones is 4. The number of hydrogen-bond donors (Lipinski definition) is 9. The molecule has 0 aliphatic carbocycles. The van der Waals surface area contributed by atoms with E-state index in [-0.39, 0.29) is 123 Å². The quantitative estimate of drug-likeness (QED) is 0.0414. The minimum absolute atomic E-state index is 0.00288. The van der Waals surface area contributed by atoms with Crippen molar-refractivity contribution in [3.8, 4) is 0 Å². The van der Waals surface area contributed by atoms with Gasteiger partial charge in [-0.15, -0.1) is 0 Å². The first-order valence-corrected chi connectivity index (χ1v) is 22.1. The molecule has 59 heavy (non-hydrogen) atoms. The lowest BCUT2D eigenvalue weighted by molar-refractivity contribution is -0.129. The van der Waals surface area contributed by atoms with Gasteiger partial charge in [-0.25, -0.2) is 0 Å². The molecule has 9 N–H and O–H groups in total. The fourth-order valence-electron chi connectivity index (χ4n) is 7.49. The second kappa shape index (κ2) is 34.6. The molecule has 0 saturated heterocycles. The van der Waals surface area contributed by atoms with Crippen LogP contribution in [-0.2, 0) is 33.6 Å². The van der Waals surface area contributed by atoms with Crippen LogP contribution in [0, 0.1) is 41.4 Å². The molecule has 0 bridgehead atoms. The van der Waals surface area contributed by atoms with Crippen molar-refractivity contribution >= 4 is 40.9 Å². The van der Waals surface area contributed by atoms with E-state index in [9.17, 15) is 33.6 Å². The summed E-state index contributed by atoms with van der Waals surface area (Å²) in [6, 6.07) is 0. The summed E-state index contributed by atoms with van der Waals surface area (Å²) in [6.45, 7) is 8.69. The van der Waals surface area contributed by atoms with Gasteiger partial charge >= 0.3 is 0 Å². The number of nitrogens with one attached hydrogen (secondary N) is 9. The summed E-state index contributed by atoms with van der Waals surface area (Å²) in [5.74, 6) is -3.98. The molecule has 0 aromatic rings. The molecule has 16 nitrogen and oxygen atoms in total. The van der Waals surface area contributed by atoms with Crippen LogP contribution in [0.3, 0.4) is 0 Å². The molecule has 0 rings (SSSR count). The van der Waals surface area contributed by atoms with Crippen molar-refractivity contribution in [2.75, 3.05) is 101 Å². The fraction of sp³-hybridized carbons (Fsp3) is 0.837. The summed E-state index contributed by atoms with van der Waals surface area (Å²) in [5, 5.41) is 26.9. The van der Waals surface area contributed by atoms with E-state index < -0.39 is 17.8 Å². The van der Waals surface area contributed by atoms with E-state index >= 15 is 0 Å². The van der Waals surface area contributed by atoms with Crippen molar-refractivity contribution in [3.63, 3.8) is 0 Å². The minimum atomic E-state index is -0.735. The Hall–Kier alpha value is -3.15. The van der Waals surface area contributed by atoms with Gasteiger partial charge in [-0.2, -0.15) is 0 Å². The molecule has 0 aromatic carbocycles. The second-order valence-electron chi connectivity index (χ2n) is 15.9. The molecular formula is C43H83N9O7. The molecule has 0 fully saturated rings. The normalized spacial score (nSPS) is 13.1. The van der Waals surface area contributed by atoms with Gasteiger partial charge in [-0.05, 0) is 74.4 Å². The molecule has 342 valence electrons. The van der Waals surface area contributed by atoms with Gasteiger partial charge in [-0.1, -0.05) is 33.6 Å². The Kier molecular flexibility index (Phi) is 32.7. The summed E-state index contributed by atoms with van der Waals surface area (Å²) >= 11 is 0. The summed E-state index contributed by atoms with van der Waals surface area (Å²) < 4.78 is 0. The van der Waals surface area contributed by atoms with E-state index in [0.717, 1.165) is 25.7 Å². The van der Waals surface area contributed by atoms with Gasteiger partial charge in [0.2, 0.25) is 17.7 Å². The molecule has 0 spiro atoms. The van der Waals surface area contributed by atoms with Crippen molar-refractivity contribution in [2.24, 2.45) is 41.4 Å². The predicted octanol–water partition coefficient (Wildman–Crippen LogP) is 0.592. The van der Waals surface area contributed by atoms with Gasteiger partial charge in [0.1, 0.15) is 23.1 Å². The van der Waals surface area contributed by atoms with E-state index in [1.165, 1.54) is 0 Å². The van der Waals surface area contributed by atoms with Gasteiger partial charge in [0.05, 0.1) is 17.8 Å². The molecule has 3 unspecified atom stereocenters. The van der Waals surface area contributed by atoms with Crippen LogP contribution in [0.25, 0.3) is 0 Å². The van der Waals surface area contributed by atoms with Gasteiger partial charge in [0, 0.05) is 108 Å². The van der Waals surface area contributed by atoms with Crippen molar-refractivity contribution in [1.82, 2.24) is 47.9 Å². The lowest BCUT2D eigenvalue weighted by Gasteiger charge is -2.23. The van der Waals surface area contributed by atoms with Crippen molar-refractivity contribution < 1.29 is 33.6 Å². The maximum atomic E-state index is 13.9. The molecule has 0 aliphatic heterocycles. The highest BCUT2D eigenvalue weighted by molar-refractivity contribution is 5.87. The third kappa shape index (κ3) is 23.4. The van der Waals surface area contributed by atoms with Crippen LogP contribution in [0.1, 0.15) is 91.4 Å². The molecule has 0 heterocycles. The molecule has 0 aliphatic rings. The summed E-state index contributed by atoms with van der Waals surface area (Å²) in [6.07, 6.45) is 4.69. The third-order valence-electron chi connectivity index (χ3n) is 11.0. The minimum Gasteiger partial charge on any atom is -0.355 e. The Labute approximate surface area is 355 Å². The van der Waals surface area contributed by atoms with E-state index in [1.807, 2.05) is 0 Å². The van der Waals surface area contributed by atoms with Crippen molar-refractivity contribution in [1.29, 1.82) is 0 Å². The average molecular weight is 838 g/mol.